The number of aryl methyl sites for hydroxylation is 3. The van der Waals surface area contributed by atoms with Crippen LogP contribution in [0.3, 0.4) is 0 Å². The molecule has 3 aromatic rings. The first kappa shape index (κ1) is 14.4. The quantitative estimate of drug-likeness (QED) is 0.689. The average Bonchev–Trinajstić information content (AvgIpc) is 2.93. The highest BCUT2D eigenvalue weighted by Gasteiger charge is 2.18. The van der Waals surface area contributed by atoms with Gasteiger partial charge in [-0.1, -0.05) is 11.6 Å². The van der Waals surface area contributed by atoms with Crippen molar-refractivity contribution in [2.75, 3.05) is 5.88 Å². The zero-order valence-corrected chi connectivity index (χ0v) is 13.1. The van der Waals surface area contributed by atoms with Crippen LogP contribution in [0.5, 0.6) is 0 Å². The zero-order chi connectivity index (χ0) is 15.1. The monoisotopic (exact) mass is 326 g/mol. The van der Waals surface area contributed by atoms with Gasteiger partial charge < -0.3 is 0 Å². The minimum Gasteiger partial charge on any atom is -0.281 e. The number of nitrogens with zero attached hydrogens (tertiary/aromatic N) is 4. The molecule has 0 aliphatic carbocycles. The van der Waals surface area contributed by atoms with Gasteiger partial charge in [-0.25, -0.2) is 14.1 Å². The first-order chi connectivity index (χ1) is 10.0. The van der Waals surface area contributed by atoms with Crippen LogP contribution < -0.4 is 0 Å². The Balaban J connectivity index is 2.32. The molecule has 0 fully saturated rings. The fourth-order valence-corrected chi connectivity index (χ4v) is 2.81. The number of fused-ring (bicyclic) bond motifs is 1. The van der Waals surface area contributed by atoms with Crippen molar-refractivity contribution in [2.45, 2.75) is 13.3 Å². The minimum atomic E-state index is -0.447. The molecule has 0 aliphatic rings. The summed E-state index contributed by atoms with van der Waals surface area (Å²) in [6.07, 6.45) is 0.602. The molecule has 2 aromatic heterocycles. The molecule has 0 saturated heterocycles. The topological polar surface area (TPSA) is 35.6 Å². The Kier molecular flexibility index (Phi) is 3.63. The lowest BCUT2D eigenvalue weighted by Crippen LogP contribution is -2.06. The van der Waals surface area contributed by atoms with E-state index in [0.29, 0.717) is 12.3 Å². The summed E-state index contributed by atoms with van der Waals surface area (Å²) < 4.78 is 17.1. The first-order valence-corrected chi connectivity index (χ1v) is 7.36. The average molecular weight is 327 g/mol. The lowest BCUT2D eigenvalue weighted by Gasteiger charge is -2.09. The summed E-state index contributed by atoms with van der Waals surface area (Å²) in [5.41, 5.74) is 3.25. The summed E-state index contributed by atoms with van der Waals surface area (Å²) in [6, 6.07) is 4.59. The third kappa shape index (κ3) is 2.30. The van der Waals surface area contributed by atoms with Crippen molar-refractivity contribution in [3.05, 3.63) is 40.6 Å². The number of halogens is 3. The molecule has 7 heteroatoms. The van der Waals surface area contributed by atoms with Crippen LogP contribution in [-0.2, 0) is 13.5 Å². The second-order valence-electron chi connectivity index (χ2n) is 4.78. The summed E-state index contributed by atoms with van der Waals surface area (Å²) in [7, 11) is 1.85. The van der Waals surface area contributed by atoms with Gasteiger partial charge in [-0.15, -0.1) is 11.6 Å². The van der Waals surface area contributed by atoms with Crippen LogP contribution in [0, 0.1) is 12.7 Å². The molecule has 0 unspecified atom stereocenters. The molecule has 0 N–H and O–H groups in total. The molecule has 0 aliphatic heterocycles. The Morgan fingerprint density at radius 3 is 2.76 bits per heavy atom. The van der Waals surface area contributed by atoms with E-state index in [1.807, 2.05) is 18.5 Å². The van der Waals surface area contributed by atoms with Crippen molar-refractivity contribution >= 4 is 34.4 Å². The van der Waals surface area contributed by atoms with Gasteiger partial charge in [0.15, 0.2) is 5.65 Å². The number of rotatable bonds is 3. The Morgan fingerprint density at radius 2 is 2.10 bits per heavy atom. The Labute approximate surface area is 131 Å². The largest absolute Gasteiger partial charge is 0.281 e. The molecule has 1 aromatic carbocycles. The maximum Gasteiger partial charge on any atom is 0.163 e. The van der Waals surface area contributed by atoms with Gasteiger partial charge in [0, 0.05) is 19.3 Å². The normalized spacial score (nSPS) is 11.5. The summed E-state index contributed by atoms with van der Waals surface area (Å²) in [5.74, 6) is 0.806. The smallest absolute Gasteiger partial charge is 0.163 e. The summed E-state index contributed by atoms with van der Waals surface area (Å²) >= 11 is 11.8. The fraction of sp³-hybridized carbons (Fsp3) is 0.286. The van der Waals surface area contributed by atoms with E-state index >= 15 is 0 Å². The van der Waals surface area contributed by atoms with Gasteiger partial charge in [-0.2, -0.15) is 5.10 Å². The molecular weight excluding hydrogens is 314 g/mol. The van der Waals surface area contributed by atoms with Gasteiger partial charge in [-0.05, 0) is 25.1 Å². The van der Waals surface area contributed by atoms with Crippen LogP contribution in [0.4, 0.5) is 4.39 Å². The maximum absolute atomic E-state index is 13.4. The Morgan fingerprint density at radius 1 is 1.33 bits per heavy atom. The molecule has 4 nitrogen and oxygen atoms in total. The van der Waals surface area contributed by atoms with Crippen LogP contribution in [-0.4, -0.2) is 25.2 Å². The number of aromatic nitrogens is 4. The molecule has 0 radical (unpaired) electrons. The molecule has 21 heavy (non-hydrogen) atoms. The number of imidazole rings is 1. The van der Waals surface area contributed by atoms with Gasteiger partial charge in [0.25, 0.3) is 0 Å². The lowest BCUT2D eigenvalue weighted by atomic mass is 10.3. The van der Waals surface area contributed by atoms with Gasteiger partial charge >= 0.3 is 0 Å². The number of hydrogen-bond donors (Lipinski definition) is 0. The molecule has 110 valence electrons. The predicted molar refractivity (Wildman–Crippen MR) is 82.0 cm³/mol. The Bertz CT molecular complexity index is 822. The first-order valence-electron chi connectivity index (χ1n) is 6.45. The molecule has 0 atom stereocenters. The maximum atomic E-state index is 13.4. The molecule has 0 saturated carbocycles. The minimum absolute atomic E-state index is 0.0741. The van der Waals surface area contributed by atoms with Crippen molar-refractivity contribution in [3.63, 3.8) is 0 Å². The molecule has 2 heterocycles. The Hall–Kier alpha value is -1.59. The summed E-state index contributed by atoms with van der Waals surface area (Å²) in [5, 5.41) is 4.44. The van der Waals surface area contributed by atoms with Gasteiger partial charge in [0.1, 0.15) is 17.2 Å². The van der Waals surface area contributed by atoms with E-state index in [2.05, 4.69) is 10.1 Å². The number of benzene rings is 1. The van der Waals surface area contributed by atoms with E-state index in [1.54, 1.807) is 16.8 Å². The van der Waals surface area contributed by atoms with E-state index in [0.717, 1.165) is 28.4 Å². The third-order valence-electron chi connectivity index (χ3n) is 3.35. The molecule has 3 rings (SSSR count). The second kappa shape index (κ2) is 5.31. The molecule has 0 spiro atoms. The van der Waals surface area contributed by atoms with Crippen LogP contribution in [0.2, 0.25) is 5.02 Å². The number of alkyl halides is 1. The SMILES string of the molecule is Cc1nn(C)c2c1nc(CCCl)n2-c1ccc(F)c(Cl)c1. The van der Waals surface area contributed by atoms with Crippen molar-refractivity contribution in [3.8, 4) is 5.69 Å². The van der Waals surface area contributed by atoms with Gasteiger partial charge in [0.05, 0.1) is 16.4 Å². The fourth-order valence-electron chi connectivity index (χ4n) is 2.47. The van der Waals surface area contributed by atoms with Crippen LogP contribution >= 0.6 is 23.2 Å². The standard InChI is InChI=1S/C14H13Cl2FN4/c1-8-13-14(20(2)19-8)21(12(18-13)5-6-15)9-3-4-11(17)10(16)7-9/h3-4,7H,5-6H2,1-2H3. The summed E-state index contributed by atoms with van der Waals surface area (Å²) in [6.45, 7) is 1.90. The van der Waals surface area contributed by atoms with Crippen molar-refractivity contribution in [2.24, 2.45) is 7.05 Å². The number of hydrogen-bond acceptors (Lipinski definition) is 2. The van der Waals surface area contributed by atoms with Crippen LogP contribution in [0.25, 0.3) is 16.9 Å². The van der Waals surface area contributed by atoms with E-state index < -0.39 is 5.82 Å². The van der Waals surface area contributed by atoms with Gasteiger partial charge in [0.2, 0.25) is 0 Å². The highest BCUT2D eigenvalue weighted by molar-refractivity contribution is 6.30. The van der Waals surface area contributed by atoms with Crippen molar-refractivity contribution in [1.82, 2.24) is 19.3 Å². The van der Waals surface area contributed by atoms with Crippen molar-refractivity contribution in [1.29, 1.82) is 0 Å². The predicted octanol–water partition coefficient (Wildman–Crippen LogP) is 3.64. The van der Waals surface area contributed by atoms with E-state index in [-0.39, 0.29) is 5.02 Å². The van der Waals surface area contributed by atoms with Gasteiger partial charge in [-0.3, -0.25) is 4.57 Å². The molecule has 0 bridgehead atoms. The van der Waals surface area contributed by atoms with E-state index in [9.17, 15) is 4.39 Å². The summed E-state index contributed by atoms with van der Waals surface area (Å²) in [4.78, 5) is 4.61. The third-order valence-corrected chi connectivity index (χ3v) is 3.83. The van der Waals surface area contributed by atoms with Crippen LogP contribution in [0.1, 0.15) is 11.5 Å². The van der Waals surface area contributed by atoms with Crippen molar-refractivity contribution < 1.29 is 4.39 Å². The second-order valence-corrected chi connectivity index (χ2v) is 5.57. The van der Waals surface area contributed by atoms with E-state index in [1.165, 1.54) is 6.07 Å². The lowest BCUT2D eigenvalue weighted by molar-refractivity contribution is 0.627. The highest BCUT2D eigenvalue weighted by atomic mass is 35.5. The van der Waals surface area contributed by atoms with Crippen LogP contribution in [0.15, 0.2) is 18.2 Å². The zero-order valence-electron chi connectivity index (χ0n) is 11.6. The van der Waals surface area contributed by atoms with E-state index in [4.69, 9.17) is 23.2 Å². The molecular formula is C14H13Cl2FN4. The molecule has 0 amide bonds. The highest BCUT2D eigenvalue weighted by Crippen LogP contribution is 2.26.